The summed E-state index contributed by atoms with van der Waals surface area (Å²) in [5.41, 5.74) is 0. The second kappa shape index (κ2) is 7.53. The minimum Gasteiger partial charge on any atom is -0.324 e. The van der Waals surface area contributed by atoms with E-state index in [1.54, 1.807) is 6.07 Å². The first-order valence-corrected chi connectivity index (χ1v) is 11.1. The van der Waals surface area contributed by atoms with Gasteiger partial charge in [-0.15, -0.1) is 11.3 Å². The Morgan fingerprint density at radius 1 is 1.18 bits per heavy atom. The van der Waals surface area contributed by atoms with Crippen molar-refractivity contribution in [1.29, 1.82) is 0 Å². The molecule has 0 aliphatic heterocycles. The monoisotopic (exact) mass is 371 g/mol. The number of nitrogens with one attached hydrogen (secondary N) is 1. The minimum absolute atomic E-state index is 0.0809. The number of hydrogen-bond acceptors (Lipinski definition) is 4. The van der Waals surface area contributed by atoms with E-state index >= 15 is 0 Å². The molecule has 1 heterocycles. The standard InChI is InChI=1S/C12H23N2O5PS2/c1-4-14(5-2,6-3)9-11-7-8-12(21-11)22(18,19)13-10-20(15,16)17/h7-8,13H,4-6,9-10H2,1-3H3,(H-,15,16,17)/p+1. The van der Waals surface area contributed by atoms with Gasteiger partial charge in [0.2, 0.25) is 0 Å². The van der Waals surface area contributed by atoms with E-state index in [0.717, 1.165) is 46.9 Å². The zero-order chi connectivity index (χ0) is 17.0. The molecule has 10 heteroatoms. The van der Waals surface area contributed by atoms with E-state index in [1.807, 2.05) is 4.72 Å². The van der Waals surface area contributed by atoms with Crippen molar-refractivity contribution in [3.05, 3.63) is 17.0 Å². The highest BCUT2D eigenvalue weighted by Crippen LogP contribution is 2.33. The molecule has 22 heavy (non-hydrogen) atoms. The van der Waals surface area contributed by atoms with Crippen molar-refractivity contribution in [1.82, 2.24) is 4.72 Å². The predicted molar refractivity (Wildman–Crippen MR) is 87.1 cm³/mol. The third kappa shape index (κ3) is 5.42. The fourth-order valence-corrected chi connectivity index (χ4v) is 5.71. The Morgan fingerprint density at radius 3 is 2.18 bits per heavy atom. The summed E-state index contributed by atoms with van der Waals surface area (Å²) in [5.74, 6) is 0. The Labute approximate surface area is 135 Å². The number of sulfonamides is 1. The van der Waals surface area contributed by atoms with Crippen LogP contribution in [0, 0.1) is 0 Å². The molecule has 0 aliphatic carbocycles. The summed E-state index contributed by atoms with van der Waals surface area (Å²) < 4.78 is 37.7. The molecule has 0 fully saturated rings. The van der Waals surface area contributed by atoms with Crippen molar-refractivity contribution < 1.29 is 27.3 Å². The average Bonchev–Trinajstić information content (AvgIpc) is 2.91. The third-order valence-electron chi connectivity index (χ3n) is 3.87. The van der Waals surface area contributed by atoms with Crippen LogP contribution in [0.4, 0.5) is 0 Å². The van der Waals surface area contributed by atoms with Crippen LogP contribution in [-0.4, -0.2) is 48.6 Å². The molecule has 128 valence electrons. The maximum atomic E-state index is 12.0. The maximum Gasteiger partial charge on any atom is 0.340 e. The zero-order valence-electron chi connectivity index (χ0n) is 13.0. The molecule has 0 saturated heterocycles. The van der Waals surface area contributed by atoms with E-state index in [9.17, 15) is 13.0 Å². The highest BCUT2D eigenvalue weighted by molar-refractivity contribution is 7.91. The van der Waals surface area contributed by atoms with Gasteiger partial charge in [0.05, 0.1) is 24.5 Å². The molecule has 0 unspecified atom stereocenters. The molecular formula is C12H24N2O5PS2+. The Hall–Kier alpha value is -0.280. The lowest BCUT2D eigenvalue weighted by molar-refractivity contribution is -0.935. The van der Waals surface area contributed by atoms with E-state index in [0.29, 0.717) is 0 Å². The summed E-state index contributed by atoms with van der Waals surface area (Å²) in [6.45, 7) is 9.97. The van der Waals surface area contributed by atoms with Crippen molar-refractivity contribution in [2.75, 3.05) is 25.9 Å². The lowest BCUT2D eigenvalue weighted by Gasteiger charge is -2.35. The number of quaternary nitrogens is 1. The topological polar surface area (TPSA) is 104 Å². The van der Waals surface area contributed by atoms with Crippen molar-refractivity contribution in [3.8, 4) is 0 Å². The third-order valence-corrected chi connectivity index (χ3v) is 7.61. The van der Waals surface area contributed by atoms with Gasteiger partial charge in [-0.1, -0.05) is 0 Å². The molecule has 0 radical (unpaired) electrons. The first-order chi connectivity index (χ1) is 10.1. The number of hydrogen-bond donors (Lipinski definition) is 3. The Bertz CT molecular complexity index is 625. The first-order valence-electron chi connectivity index (χ1n) is 7.05. The molecule has 1 rings (SSSR count). The normalized spacial score (nSPS) is 13.5. The molecule has 0 bridgehead atoms. The van der Waals surface area contributed by atoms with Crippen LogP contribution in [0.15, 0.2) is 16.3 Å². The summed E-state index contributed by atoms with van der Waals surface area (Å²) in [4.78, 5) is 18.5. The quantitative estimate of drug-likeness (QED) is 0.451. The highest BCUT2D eigenvalue weighted by atomic mass is 32.2. The second-order valence-electron chi connectivity index (χ2n) is 5.14. The molecule has 1 aromatic rings. The molecule has 0 aliphatic rings. The van der Waals surface area contributed by atoms with Crippen molar-refractivity contribution in [2.45, 2.75) is 31.5 Å². The smallest absolute Gasteiger partial charge is 0.324 e. The molecular weight excluding hydrogens is 347 g/mol. The van der Waals surface area contributed by atoms with Crippen molar-refractivity contribution in [2.24, 2.45) is 0 Å². The van der Waals surface area contributed by atoms with Gasteiger partial charge in [0.15, 0.2) is 0 Å². The number of nitrogens with zero attached hydrogens (tertiary/aromatic N) is 1. The fraction of sp³-hybridized carbons (Fsp3) is 0.667. The van der Waals surface area contributed by atoms with Crippen LogP contribution >= 0.6 is 18.9 Å². The largest absolute Gasteiger partial charge is 0.340 e. The molecule has 0 atom stereocenters. The van der Waals surface area contributed by atoms with Gasteiger partial charge in [-0.3, -0.25) is 4.57 Å². The summed E-state index contributed by atoms with van der Waals surface area (Å²) >= 11 is 1.14. The predicted octanol–water partition coefficient (Wildman–Crippen LogP) is 1.54. The second-order valence-corrected chi connectivity index (χ2v) is 9.95. The van der Waals surface area contributed by atoms with E-state index in [1.165, 1.54) is 6.07 Å². The lowest BCUT2D eigenvalue weighted by Crippen LogP contribution is -2.46. The minimum atomic E-state index is -4.41. The van der Waals surface area contributed by atoms with Crippen molar-refractivity contribution >= 4 is 29.0 Å². The first kappa shape index (κ1) is 19.8. The zero-order valence-corrected chi connectivity index (χ0v) is 15.5. The summed E-state index contributed by atoms with van der Waals surface area (Å²) in [5, 5.41) is 0. The molecule has 0 amide bonds. The Morgan fingerprint density at radius 2 is 1.73 bits per heavy atom. The van der Waals surface area contributed by atoms with Crippen LogP contribution < -0.4 is 4.72 Å². The molecule has 0 saturated carbocycles. The fourth-order valence-electron chi connectivity index (χ4n) is 2.16. The van der Waals surface area contributed by atoms with Crippen LogP contribution in [-0.2, 0) is 21.1 Å². The van der Waals surface area contributed by atoms with Crippen LogP contribution in [0.25, 0.3) is 0 Å². The van der Waals surface area contributed by atoms with E-state index in [2.05, 4.69) is 20.8 Å². The molecule has 1 aromatic heterocycles. The van der Waals surface area contributed by atoms with Crippen molar-refractivity contribution in [3.63, 3.8) is 0 Å². The Kier molecular flexibility index (Phi) is 6.76. The molecule has 7 nitrogen and oxygen atoms in total. The van der Waals surface area contributed by atoms with Gasteiger partial charge in [0.1, 0.15) is 17.0 Å². The van der Waals surface area contributed by atoms with Gasteiger partial charge in [0.25, 0.3) is 10.0 Å². The van der Waals surface area contributed by atoms with Gasteiger partial charge in [-0.25, -0.2) is 8.42 Å². The van der Waals surface area contributed by atoms with E-state index in [4.69, 9.17) is 9.79 Å². The SMILES string of the molecule is CC[N+](CC)(CC)Cc1ccc(S(=O)(=O)NCP(=O)(O)O)s1. The number of rotatable bonds is 9. The van der Waals surface area contributed by atoms with Gasteiger partial charge in [-0.2, -0.15) is 4.72 Å². The Balaban J connectivity index is 2.89. The maximum absolute atomic E-state index is 12.0. The highest BCUT2D eigenvalue weighted by Gasteiger charge is 2.25. The van der Waals surface area contributed by atoms with Crippen LogP contribution in [0.3, 0.4) is 0 Å². The molecule has 0 aromatic carbocycles. The summed E-state index contributed by atoms with van der Waals surface area (Å²) in [7, 11) is -8.29. The number of thiophene rings is 1. The van der Waals surface area contributed by atoms with Gasteiger partial charge < -0.3 is 14.3 Å². The van der Waals surface area contributed by atoms with Crippen LogP contribution in [0.5, 0.6) is 0 Å². The van der Waals surface area contributed by atoms with E-state index in [-0.39, 0.29) is 4.21 Å². The van der Waals surface area contributed by atoms with Crippen LogP contribution in [0.2, 0.25) is 0 Å². The summed E-state index contributed by atoms with van der Waals surface area (Å²) in [6, 6.07) is 3.25. The molecule has 3 N–H and O–H groups in total. The van der Waals surface area contributed by atoms with Crippen LogP contribution in [0.1, 0.15) is 25.6 Å². The summed E-state index contributed by atoms with van der Waals surface area (Å²) in [6.07, 6.45) is -0.887. The van der Waals surface area contributed by atoms with E-state index < -0.39 is 23.9 Å². The molecule has 0 spiro atoms. The van der Waals surface area contributed by atoms with Gasteiger partial charge in [0, 0.05) is 0 Å². The average molecular weight is 371 g/mol. The van der Waals surface area contributed by atoms with Gasteiger partial charge >= 0.3 is 7.60 Å². The van der Waals surface area contributed by atoms with Gasteiger partial charge in [-0.05, 0) is 32.9 Å². The lowest BCUT2D eigenvalue weighted by atomic mass is 10.3.